The Kier molecular flexibility index (Phi) is 5.23. The summed E-state index contributed by atoms with van der Waals surface area (Å²) >= 11 is 3.29. The zero-order chi connectivity index (χ0) is 15.2. The monoisotopic (exact) mass is 355 g/mol. The van der Waals surface area contributed by atoms with Gasteiger partial charge in [0.05, 0.1) is 17.7 Å². The molecule has 8 nitrogen and oxygen atoms in total. The second-order valence-electron chi connectivity index (χ2n) is 4.32. The number of nitro groups is 1. The Bertz CT molecular complexity index is 631. The van der Waals surface area contributed by atoms with Crippen LogP contribution in [0.2, 0.25) is 0 Å². The number of nitrogens with zero attached hydrogens (tertiary/aromatic N) is 4. The van der Waals surface area contributed by atoms with Gasteiger partial charge in [-0.2, -0.15) is 0 Å². The van der Waals surface area contributed by atoms with Crippen LogP contribution in [0.1, 0.15) is 12.1 Å². The molecule has 0 unspecified atom stereocenters. The highest BCUT2D eigenvalue weighted by Gasteiger charge is 2.09. The molecule has 0 fully saturated rings. The summed E-state index contributed by atoms with van der Waals surface area (Å²) in [4.78, 5) is 10.2. The number of anilines is 1. The highest BCUT2D eigenvalue weighted by molar-refractivity contribution is 9.10. The van der Waals surface area contributed by atoms with Gasteiger partial charge < -0.3 is 10.4 Å². The quantitative estimate of drug-likeness (QED) is 0.580. The molecule has 2 aromatic rings. The van der Waals surface area contributed by atoms with Gasteiger partial charge in [-0.1, -0.05) is 5.21 Å². The average molecular weight is 356 g/mol. The number of halogens is 1. The fourth-order valence-corrected chi connectivity index (χ4v) is 2.22. The summed E-state index contributed by atoms with van der Waals surface area (Å²) in [6, 6.07) is 4.52. The van der Waals surface area contributed by atoms with E-state index in [2.05, 4.69) is 31.6 Å². The standard InChI is InChI=1S/C12H14BrN5O3/c13-11-6-10(18(20)21)2-3-12(11)14-7-9-8-17(16-15-9)4-1-5-19/h2-3,6,8,14,19H,1,4-5,7H2. The molecule has 0 saturated carbocycles. The maximum atomic E-state index is 10.7. The summed E-state index contributed by atoms with van der Waals surface area (Å²) in [5.41, 5.74) is 1.52. The zero-order valence-corrected chi connectivity index (χ0v) is 12.7. The minimum atomic E-state index is -0.443. The lowest BCUT2D eigenvalue weighted by Crippen LogP contribution is -2.01. The predicted molar refractivity (Wildman–Crippen MR) is 79.8 cm³/mol. The van der Waals surface area contributed by atoms with Gasteiger partial charge in [0, 0.05) is 35.4 Å². The van der Waals surface area contributed by atoms with Crippen molar-refractivity contribution in [2.75, 3.05) is 11.9 Å². The number of nitrogens with one attached hydrogen (secondary N) is 1. The van der Waals surface area contributed by atoms with Gasteiger partial charge in [-0.15, -0.1) is 5.10 Å². The maximum absolute atomic E-state index is 10.7. The Balaban J connectivity index is 1.96. The largest absolute Gasteiger partial charge is 0.396 e. The Morgan fingerprint density at radius 2 is 2.29 bits per heavy atom. The molecule has 1 aromatic carbocycles. The Labute approximate surface area is 129 Å². The third-order valence-corrected chi connectivity index (χ3v) is 3.41. The van der Waals surface area contributed by atoms with E-state index in [0.717, 1.165) is 11.4 Å². The summed E-state index contributed by atoms with van der Waals surface area (Å²) < 4.78 is 2.28. The van der Waals surface area contributed by atoms with Crippen molar-refractivity contribution < 1.29 is 10.0 Å². The number of aliphatic hydroxyl groups is 1. The first-order valence-electron chi connectivity index (χ1n) is 6.28. The lowest BCUT2D eigenvalue weighted by atomic mass is 10.3. The normalized spacial score (nSPS) is 10.6. The molecule has 0 bridgehead atoms. The molecule has 0 aliphatic heterocycles. The Morgan fingerprint density at radius 3 is 2.95 bits per heavy atom. The molecule has 0 aliphatic carbocycles. The summed E-state index contributed by atoms with van der Waals surface area (Å²) in [6.07, 6.45) is 2.42. The van der Waals surface area contributed by atoms with E-state index in [1.165, 1.54) is 12.1 Å². The summed E-state index contributed by atoms with van der Waals surface area (Å²) in [5.74, 6) is 0. The molecule has 2 rings (SSSR count). The van der Waals surface area contributed by atoms with Crippen LogP contribution < -0.4 is 5.32 Å². The van der Waals surface area contributed by atoms with Gasteiger partial charge in [-0.3, -0.25) is 14.8 Å². The third-order valence-electron chi connectivity index (χ3n) is 2.75. The van der Waals surface area contributed by atoms with E-state index in [1.807, 2.05) is 0 Å². The van der Waals surface area contributed by atoms with Crippen molar-refractivity contribution in [2.24, 2.45) is 0 Å². The van der Waals surface area contributed by atoms with Crippen LogP contribution in [0.3, 0.4) is 0 Å². The van der Waals surface area contributed by atoms with Crippen molar-refractivity contribution in [1.29, 1.82) is 0 Å². The lowest BCUT2D eigenvalue weighted by molar-refractivity contribution is -0.384. The molecule has 0 atom stereocenters. The fourth-order valence-electron chi connectivity index (χ4n) is 1.71. The zero-order valence-electron chi connectivity index (χ0n) is 11.1. The van der Waals surface area contributed by atoms with Gasteiger partial charge in [-0.25, -0.2) is 0 Å². The molecule has 21 heavy (non-hydrogen) atoms. The predicted octanol–water partition coefficient (Wildman–Crippen LogP) is 1.94. The first kappa shape index (κ1) is 15.4. The number of non-ortho nitro benzene ring substituents is 1. The summed E-state index contributed by atoms with van der Waals surface area (Å²) in [7, 11) is 0. The van der Waals surface area contributed by atoms with Crippen LogP contribution in [0.5, 0.6) is 0 Å². The van der Waals surface area contributed by atoms with E-state index in [-0.39, 0.29) is 12.3 Å². The number of hydrogen-bond acceptors (Lipinski definition) is 6. The second kappa shape index (κ2) is 7.14. The number of aryl methyl sites for hydroxylation is 1. The molecular formula is C12H14BrN5O3. The van der Waals surface area contributed by atoms with Gasteiger partial charge in [-0.05, 0) is 28.4 Å². The fraction of sp³-hybridized carbons (Fsp3) is 0.333. The number of aromatic nitrogens is 3. The molecule has 0 saturated heterocycles. The smallest absolute Gasteiger partial charge is 0.270 e. The van der Waals surface area contributed by atoms with Crippen molar-refractivity contribution in [3.05, 3.63) is 44.7 Å². The van der Waals surface area contributed by atoms with Crippen LogP contribution in [0, 0.1) is 10.1 Å². The SMILES string of the molecule is O=[N+]([O-])c1ccc(NCc2cn(CCCO)nn2)c(Br)c1. The highest BCUT2D eigenvalue weighted by atomic mass is 79.9. The highest BCUT2D eigenvalue weighted by Crippen LogP contribution is 2.27. The van der Waals surface area contributed by atoms with Crippen molar-refractivity contribution in [3.8, 4) is 0 Å². The van der Waals surface area contributed by atoms with E-state index < -0.39 is 4.92 Å². The molecular weight excluding hydrogens is 342 g/mol. The van der Waals surface area contributed by atoms with Crippen LogP contribution in [0.4, 0.5) is 11.4 Å². The van der Waals surface area contributed by atoms with Crippen molar-refractivity contribution >= 4 is 27.3 Å². The molecule has 0 radical (unpaired) electrons. The van der Waals surface area contributed by atoms with Crippen LogP contribution in [0.15, 0.2) is 28.9 Å². The van der Waals surface area contributed by atoms with E-state index in [4.69, 9.17) is 5.11 Å². The van der Waals surface area contributed by atoms with Gasteiger partial charge in [0.25, 0.3) is 5.69 Å². The number of nitro benzene ring substituents is 1. The van der Waals surface area contributed by atoms with Crippen LogP contribution in [-0.4, -0.2) is 31.6 Å². The van der Waals surface area contributed by atoms with Gasteiger partial charge in [0.1, 0.15) is 5.69 Å². The lowest BCUT2D eigenvalue weighted by Gasteiger charge is -2.06. The van der Waals surface area contributed by atoms with Crippen molar-refractivity contribution in [3.63, 3.8) is 0 Å². The number of benzene rings is 1. The number of hydrogen-bond donors (Lipinski definition) is 2. The molecule has 0 aliphatic rings. The molecule has 2 N–H and O–H groups in total. The van der Waals surface area contributed by atoms with Crippen LogP contribution in [0.25, 0.3) is 0 Å². The molecule has 1 aromatic heterocycles. The van der Waals surface area contributed by atoms with E-state index in [1.54, 1.807) is 16.9 Å². The van der Waals surface area contributed by atoms with Gasteiger partial charge >= 0.3 is 0 Å². The van der Waals surface area contributed by atoms with Crippen LogP contribution in [-0.2, 0) is 13.1 Å². The summed E-state index contributed by atoms with van der Waals surface area (Å²) in [6.45, 7) is 1.18. The minimum Gasteiger partial charge on any atom is -0.396 e. The molecule has 9 heteroatoms. The Hall–Kier alpha value is -2.00. The molecule has 0 amide bonds. The molecule has 112 valence electrons. The summed E-state index contributed by atoms with van der Waals surface area (Å²) in [5, 5.41) is 30.5. The number of aliphatic hydroxyl groups excluding tert-OH is 1. The van der Waals surface area contributed by atoms with Crippen LogP contribution >= 0.6 is 15.9 Å². The van der Waals surface area contributed by atoms with Crippen molar-refractivity contribution in [1.82, 2.24) is 15.0 Å². The molecule has 0 spiro atoms. The average Bonchev–Trinajstić information content (AvgIpc) is 2.91. The van der Waals surface area contributed by atoms with Gasteiger partial charge in [0.2, 0.25) is 0 Å². The number of rotatable bonds is 7. The Morgan fingerprint density at radius 1 is 1.48 bits per heavy atom. The van der Waals surface area contributed by atoms with Crippen molar-refractivity contribution in [2.45, 2.75) is 19.5 Å². The van der Waals surface area contributed by atoms with E-state index in [9.17, 15) is 10.1 Å². The minimum absolute atomic E-state index is 0.0300. The topological polar surface area (TPSA) is 106 Å². The molecule has 1 heterocycles. The maximum Gasteiger partial charge on any atom is 0.270 e. The second-order valence-corrected chi connectivity index (χ2v) is 5.18. The van der Waals surface area contributed by atoms with E-state index in [0.29, 0.717) is 24.0 Å². The first-order valence-corrected chi connectivity index (χ1v) is 7.07. The third kappa shape index (κ3) is 4.23. The van der Waals surface area contributed by atoms with E-state index >= 15 is 0 Å². The van der Waals surface area contributed by atoms with Gasteiger partial charge in [0.15, 0.2) is 0 Å². The first-order chi connectivity index (χ1) is 10.1.